The Morgan fingerprint density at radius 3 is 2.54 bits per heavy atom. The predicted molar refractivity (Wildman–Crippen MR) is 95.7 cm³/mol. The first-order chi connectivity index (χ1) is 11.5. The van der Waals surface area contributed by atoms with Gasteiger partial charge in [-0.3, -0.25) is 14.2 Å². The van der Waals surface area contributed by atoms with Crippen LogP contribution < -0.4 is 15.8 Å². The smallest absolute Gasteiger partial charge is 0.264 e. The minimum atomic E-state index is -0.432. The van der Waals surface area contributed by atoms with Gasteiger partial charge in [-0.2, -0.15) is 0 Å². The summed E-state index contributed by atoms with van der Waals surface area (Å²) in [5.74, 6) is -0.432. The number of aromatic nitrogens is 2. The first-order valence-corrected chi connectivity index (χ1v) is 7.51. The molecule has 0 saturated carbocycles. The second-order valence-corrected chi connectivity index (χ2v) is 5.73. The van der Waals surface area contributed by atoms with Gasteiger partial charge in [-0.05, 0) is 42.5 Å². The van der Waals surface area contributed by atoms with Crippen molar-refractivity contribution in [3.05, 3.63) is 64.6 Å². The van der Waals surface area contributed by atoms with E-state index in [4.69, 9.17) is 0 Å². The normalized spacial score (nSPS) is 10.6. The molecule has 1 N–H and O–H groups in total. The van der Waals surface area contributed by atoms with Gasteiger partial charge >= 0.3 is 0 Å². The third-order valence-electron chi connectivity index (χ3n) is 3.86. The van der Waals surface area contributed by atoms with E-state index in [1.165, 1.54) is 4.57 Å². The highest BCUT2D eigenvalue weighted by molar-refractivity contribution is 6.05. The van der Waals surface area contributed by atoms with E-state index in [9.17, 15) is 9.59 Å². The molecule has 1 amide bonds. The lowest BCUT2D eigenvalue weighted by Crippen LogP contribution is -2.28. The molecule has 0 aliphatic heterocycles. The number of amides is 1. The molecule has 6 heteroatoms. The molecule has 0 bridgehead atoms. The molecule has 3 aromatic rings. The average Bonchev–Trinajstić information content (AvgIpc) is 2.58. The van der Waals surface area contributed by atoms with E-state index in [0.29, 0.717) is 11.3 Å². The van der Waals surface area contributed by atoms with E-state index in [2.05, 4.69) is 10.3 Å². The Morgan fingerprint density at radius 1 is 1.17 bits per heavy atom. The van der Waals surface area contributed by atoms with Crippen LogP contribution in [-0.2, 0) is 7.05 Å². The molecule has 0 aliphatic carbocycles. The van der Waals surface area contributed by atoms with Gasteiger partial charge < -0.3 is 10.2 Å². The summed E-state index contributed by atoms with van der Waals surface area (Å²) in [7, 11) is 5.50. The number of anilines is 2. The number of aryl methyl sites for hydroxylation is 1. The van der Waals surface area contributed by atoms with Crippen LogP contribution in [0.25, 0.3) is 11.0 Å². The Balaban J connectivity index is 1.94. The van der Waals surface area contributed by atoms with E-state index in [1.54, 1.807) is 37.5 Å². The van der Waals surface area contributed by atoms with Crippen molar-refractivity contribution in [2.75, 3.05) is 24.3 Å². The largest absolute Gasteiger partial charge is 0.378 e. The first kappa shape index (κ1) is 15.7. The number of hydrogen-bond acceptors (Lipinski definition) is 4. The van der Waals surface area contributed by atoms with Crippen LogP contribution in [0.5, 0.6) is 0 Å². The van der Waals surface area contributed by atoms with Crippen molar-refractivity contribution in [2.24, 2.45) is 7.05 Å². The molecular weight excluding hydrogens is 304 g/mol. The zero-order valence-corrected chi connectivity index (χ0v) is 13.8. The fourth-order valence-corrected chi connectivity index (χ4v) is 2.50. The summed E-state index contributed by atoms with van der Waals surface area (Å²) in [6.07, 6.45) is 1.62. The summed E-state index contributed by atoms with van der Waals surface area (Å²) in [6, 6.07) is 12.6. The van der Waals surface area contributed by atoms with E-state index >= 15 is 0 Å². The predicted octanol–water partition coefficient (Wildman–Crippen LogP) is 2.25. The monoisotopic (exact) mass is 322 g/mol. The molecular formula is C18H18N4O2. The van der Waals surface area contributed by atoms with Crippen LogP contribution in [0.4, 0.5) is 11.4 Å². The molecule has 24 heavy (non-hydrogen) atoms. The maximum absolute atomic E-state index is 12.5. The molecule has 0 unspecified atom stereocenters. The Morgan fingerprint density at radius 2 is 1.88 bits per heavy atom. The summed E-state index contributed by atoms with van der Waals surface area (Å²) in [5, 5.41) is 3.51. The number of fused-ring (bicyclic) bond motifs is 1. The molecule has 2 heterocycles. The quantitative estimate of drug-likeness (QED) is 0.803. The van der Waals surface area contributed by atoms with Gasteiger partial charge in [-0.15, -0.1) is 0 Å². The van der Waals surface area contributed by atoms with Crippen LogP contribution in [0.2, 0.25) is 0 Å². The van der Waals surface area contributed by atoms with Gasteiger partial charge in [0.05, 0.1) is 0 Å². The number of hydrogen-bond donors (Lipinski definition) is 1. The molecule has 0 atom stereocenters. The van der Waals surface area contributed by atoms with Crippen molar-refractivity contribution in [3.63, 3.8) is 0 Å². The Bertz CT molecular complexity index is 959. The highest BCUT2D eigenvalue weighted by Crippen LogP contribution is 2.17. The topological polar surface area (TPSA) is 67.2 Å². The standard InChI is InChI=1S/C18H18N4O2/c1-21(2)14-8-6-13(7-9-14)20-17(23)15-11-12-5-4-10-19-16(12)22(3)18(15)24/h4-11H,1-3H3,(H,20,23). The second kappa shape index (κ2) is 6.16. The number of rotatable bonds is 3. The van der Waals surface area contributed by atoms with E-state index in [0.717, 1.165) is 11.1 Å². The zero-order chi connectivity index (χ0) is 17.3. The second-order valence-electron chi connectivity index (χ2n) is 5.73. The maximum atomic E-state index is 12.5. The summed E-state index contributed by atoms with van der Waals surface area (Å²) >= 11 is 0. The summed E-state index contributed by atoms with van der Waals surface area (Å²) < 4.78 is 1.39. The van der Waals surface area contributed by atoms with Crippen molar-refractivity contribution in [2.45, 2.75) is 0 Å². The molecule has 0 radical (unpaired) electrons. The molecule has 2 aromatic heterocycles. The molecule has 0 saturated heterocycles. The van der Waals surface area contributed by atoms with Gasteiger partial charge in [-0.25, -0.2) is 4.98 Å². The number of carbonyl (C=O) groups is 1. The van der Waals surface area contributed by atoms with Crippen molar-refractivity contribution < 1.29 is 4.79 Å². The Hall–Kier alpha value is -3.15. The fourth-order valence-electron chi connectivity index (χ4n) is 2.50. The molecule has 3 rings (SSSR count). The minimum Gasteiger partial charge on any atom is -0.378 e. The van der Waals surface area contributed by atoms with Gasteiger partial charge in [0.2, 0.25) is 0 Å². The Kier molecular flexibility index (Phi) is 4.04. The molecule has 122 valence electrons. The molecule has 6 nitrogen and oxygen atoms in total. The first-order valence-electron chi connectivity index (χ1n) is 7.51. The highest BCUT2D eigenvalue weighted by atomic mass is 16.2. The number of nitrogens with one attached hydrogen (secondary N) is 1. The van der Waals surface area contributed by atoms with Crippen molar-refractivity contribution in [1.29, 1.82) is 0 Å². The zero-order valence-electron chi connectivity index (χ0n) is 13.8. The van der Waals surface area contributed by atoms with E-state index in [-0.39, 0.29) is 11.1 Å². The minimum absolute atomic E-state index is 0.0923. The fraction of sp³-hybridized carbons (Fsp3) is 0.167. The van der Waals surface area contributed by atoms with Gasteiger partial charge in [0.1, 0.15) is 11.2 Å². The van der Waals surface area contributed by atoms with Crippen LogP contribution in [-0.4, -0.2) is 29.6 Å². The summed E-state index contributed by atoms with van der Waals surface area (Å²) in [6.45, 7) is 0. The third-order valence-corrected chi connectivity index (χ3v) is 3.86. The lowest BCUT2D eigenvalue weighted by molar-refractivity contribution is 0.102. The lowest BCUT2D eigenvalue weighted by atomic mass is 10.2. The van der Waals surface area contributed by atoms with Crippen molar-refractivity contribution >= 4 is 28.3 Å². The van der Waals surface area contributed by atoms with Crippen LogP contribution >= 0.6 is 0 Å². The lowest BCUT2D eigenvalue weighted by Gasteiger charge is -2.13. The summed E-state index contributed by atoms with van der Waals surface area (Å²) in [4.78, 5) is 31.1. The molecule has 0 spiro atoms. The maximum Gasteiger partial charge on any atom is 0.264 e. The van der Waals surface area contributed by atoms with Crippen LogP contribution in [0, 0.1) is 0 Å². The van der Waals surface area contributed by atoms with Gasteiger partial charge in [0, 0.05) is 44.1 Å². The van der Waals surface area contributed by atoms with Gasteiger partial charge in [0.15, 0.2) is 0 Å². The average molecular weight is 322 g/mol. The van der Waals surface area contributed by atoms with Gasteiger partial charge in [-0.1, -0.05) is 0 Å². The third kappa shape index (κ3) is 2.86. The highest BCUT2D eigenvalue weighted by Gasteiger charge is 2.14. The molecule has 0 aliphatic rings. The van der Waals surface area contributed by atoms with E-state index in [1.807, 2.05) is 37.2 Å². The Labute approximate surface area is 139 Å². The van der Waals surface area contributed by atoms with Crippen LogP contribution in [0.3, 0.4) is 0 Å². The number of benzene rings is 1. The number of nitrogens with zero attached hydrogens (tertiary/aromatic N) is 3. The molecule has 0 fully saturated rings. The van der Waals surface area contributed by atoms with Crippen molar-refractivity contribution in [3.8, 4) is 0 Å². The number of carbonyl (C=O) groups excluding carboxylic acids is 1. The van der Waals surface area contributed by atoms with Crippen LogP contribution in [0.15, 0.2) is 53.5 Å². The van der Waals surface area contributed by atoms with E-state index < -0.39 is 5.91 Å². The van der Waals surface area contributed by atoms with Crippen molar-refractivity contribution in [1.82, 2.24) is 9.55 Å². The van der Waals surface area contributed by atoms with Gasteiger partial charge in [0.25, 0.3) is 11.5 Å². The number of pyridine rings is 2. The van der Waals surface area contributed by atoms with Crippen LogP contribution in [0.1, 0.15) is 10.4 Å². The molecule has 1 aromatic carbocycles. The summed E-state index contributed by atoms with van der Waals surface area (Å²) in [5.41, 5.74) is 1.94. The SMILES string of the molecule is CN(C)c1ccc(NC(=O)c2cc3cccnc3n(C)c2=O)cc1.